The van der Waals surface area contributed by atoms with E-state index < -0.39 is 0 Å². The molecule has 0 fully saturated rings. The van der Waals surface area contributed by atoms with Crippen LogP contribution in [0.25, 0.3) is 33.0 Å². The zero-order chi connectivity index (χ0) is 30.4. The molecule has 0 bridgehead atoms. The van der Waals surface area contributed by atoms with Crippen molar-refractivity contribution in [3.05, 3.63) is 187 Å². The predicted molar refractivity (Wildman–Crippen MR) is 185 cm³/mol. The van der Waals surface area contributed by atoms with E-state index in [4.69, 9.17) is 4.74 Å². The van der Waals surface area contributed by atoms with E-state index in [0.717, 1.165) is 44.5 Å². The highest BCUT2D eigenvalue weighted by atomic mass is 16.5. The summed E-state index contributed by atoms with van der Waals surface area (Å²) in [5.74, 6) is -0.331. The van der Waals surface area contributed by atoms with Crippen LogP contribution in [0.5, 0.6) is 0 Å². The zero-order valence-electron chi connectivity index (χ0n) is 24.7. The quantitative estimate of drug-likeness (QED) is 0.167. The average Bonchev–Trinajstić information content (AvgIpc) is 3.12. The molecule has 0 radical (unpaired) electrons. The number of carbonyl (C=O) groups is 1. The molecule has 0 aliphatic rings. The molecule has 0 heterocycles. The lowest BCUT2D eigenvalue weighted by Gasteiger charge is -2.26. The summed E-state index contributed by atoms with van der Waals surface area (Å²) in [6.07, 6.45) is 0. The first-order valence-corrected chi connectivity index (χ1v) is 15.1. The van der Waals surface area contributed by atoms with Crippen molar-refractivity contribution in [2.24, 2.45) is 0 Å². The molecule has 0 aromatic heterocycles. The second-order valence-electron chi connectivity index (χ2n) is 10.9. The molecule has 3 nitrogen and oxygen atoms in total. The van der Waals surface area contributed by atoms with E-state index in [1.54, 1.807) is 0 Å². The Morgan fingerprint density at radius 2 is 0.978 bits per heavy atom. The summed E-state index contributed by atoms with van der Waals surface area (Å²) >= 11 is 0. The van der Waals surface area contributed by atoms with Gasteiger partial charge in [-0.05, 0) is 75.7 Å². The van der Waals surface area contributed by atoms with Crippen molar-refractivity contribution >= 4 is 33.8 Å². The van der Waals surface area contributed by atoms with Crippen LogP contribution in [0.2, 0.25) is 0 Å². The van der Waals surface area contributed by atoms with E-state index in [-0.39, 0.29) is 12.6 Å². The molecule has 7 aromatic rings. The van der Waals surface area contributed by atoms with Crippen LogP contribution < -0.4 is 4.90 Å². The van der Waals surface area contributed by atoms with Gasteiger partial charge in [-0.1, -0.05) is 133 Å². The van der Waals surface area contributed by atoms with Crippen LogP contribution in [0.1, 0.15) is 15.9 Å². The highest BCUT2D eigenvalue weighted by Gasteiger charge is 2.17. The largest absolute Gasteiger partial charge is 0.457 e. The Hall–Kier alpha value is -5.93. The van der Waals surface area contributed by atoms with Gasteiger partial charge in [-0.15, -0.1) is 0 Å². The molecule has 7 aromatic carbocycles. The van der Waals surface area contributed by atoms with Gasteiger partial charge in [0, 0.05) is 22.4 Å². The van der Waals surface area contributed by atoms with Gasteiger partial charge >= 0.3 is 5.97 Å². The molecule has 7 rings (SSSR count). The van der Waals surface area contributed by atoms with Crippen LogP contribution in [0.3, 0.4) is 0 Å². The molecule has 0 aliphatic heterocycles. The number of esters is 1. The number of para-hydroxylation sites is 1. The SMILES string of the molecule is O=C(OCc1ccccc1)c1cccc2cccc(-c3ccc(N(c4ccccc4)c4ccc(-c5ccccc5)cc4)cc3)c12. The summed E-state index contributed by atoms with van der Waals surface area (Å²) in [6, 6.07) is 59.7. The summed E-state index contributed by atoms with van der Waals surface area (Å²) in [7, 11) is 0. The van der Waals surface area contributed by atoms with Crippen LogP contribution in [-0.2, 0) is 11.3 Å². The number of nitrogens with zero attached hydrogens (tertiary/aromatic N) is 1. The van der Waals surface area contributed by atoms with E-state index in [1.165, 1.54) is 11.1 Å². The lowest BCUT2D eigenvalue weighted by atomic mass is 9.94. The van der Waals surface area contributed by atoms with Gasteiger partial charge in [0.1, 0.15) is 6.61 Å². The van der Waals surface area contributed by atoms with E-state index in [0.29, 0.717) is 5.56 Å². The second-order valence-corrected chi connectivity index (χ2v) is 10.9. The zero-order valence-corrected chi connectivity index (χ0v) is 24.7. The van der Waals surface area contributed by atoms with Gasteiger partial charge in [-0.25, -0.2) is 4.79 Å². The van der Waals surface area contributed by atoms with Gasteiger partial charge in [0.05, 0.1) is 5.56 Å². The van der Waals surface area contributed by atoms with Gasteiger partial charge in [0.15, 0.2) is 0 Å². The van der Waals surface area contributed by atoms with Crippen molar-refractivity contribution in [2.45, 2.75) is 6.61 Å². The van der Waals surface area contributed by atoms with Crippen LogP contribution >= 0.6 is 0 Å². The highest BCUT2D eigenvalue weighted by molar-refractivity contribution is 6.10. The van der Waals surface area contributed by atoms with Gasteiger partial charge < -0.3 is 9.64 Å². The number of hydrogen-bond donors (Lipinski definition) is 0. The summed E-state index contributed by atoms with van der Waals surface area (Å²) < 4.78 is 5.75. The molecule has 0 atom stereocenters. The molecule has 216 valence electrons. The lowest BCUT2D eigenvalue weighted by molar-refractivity contribution is 0.0475. The molecule has 0 aliphatic carbocycles. The Kier molecular flexibility index (Phi) is 7.89. The Morgan fingerprint density at radius 1 is 0.467 bits per heavy atom. The maximum absolute atomic E-state index is 13.4. The topological polar surface area (TPSA) is 29.5 Å². The third kappa shape index (κ3) is 5.97. The third-order valence-corrected chi connectivity index (χ3v) is 8.02. The minimum atomic E-state index is -0.331. The van der Waals surface area contributed by atoms with Gasteiger partial charge in [-0.2, -0.15) is 0 Å². The fourth-order valence-corrected chi connectivity index (χ4v) is 5.80. The molecule has 0 saturated heterocycles. The van der Waals surface area contributed by atoms with Crippen molar-refractivity contribution in [2.75, 3.05) is 4.90 Å². The number of carbonyl (C=O) groups excluding carboxylic acids is 1. The summed E-state index contributed by atoms with van der Waals surface area (Å²) in [5.41, 5.74) is 9.10. The molecule has 0 N–H and O–H groups in total. The maximum Gasteiger partial charge on any atom is 0.339 e. The van der Waals surface area contributed by atoms with E-state index >= 15 is 0 Å². The number of rotatable bonds is 8. The molecule has 45 heavy (non-hydrogen) atoms. The number of ether oxygens (including phenoxy) is 1. The minimum Gasteiger partial charge on any atom is -0.457 e. The van der Waals surface area contributed by atoms with Crippen molar-refractivity contribution in [1.82, 2.24) is 0 Å². The van der Waals surface area contributed by atoms with E-state index in [2.05, 4.69) is 108 Å². The number of hydrogen-bond acceptors (Lipinski definition) is 3. The monoisotopic (exact) mass is 581 g/mol. The molecule has 0 saturated carbocycles. The summed E-state index contributed by atoms with van der Waals surface area (Å²) in [4.78, 5) is 15.6. The number of fused-ring (bicyclic) bond motifs is 1. The Labute approximate surface area is 263 Å². The van der Waals surface area contributed by atoms with Gasteiger partial charge in [0.25, 0.3) is 0 Å². The van der Waals surface area contributed by atoms with Crippen LogP contribution in [0.15, 0.2) is 176 Å². The van der Waals surface area contributed by atoms with Crippen molar-refractivity contribution in [3.8, 4) is 22.3 Å². The standard InChI is InChI=1S/C42H31NO2/c44-42(45-30-31-12-4-1-5-13-31)40-21-11-17-35-16-10-20-39(41(35)40)34-24-28-38(29-25-34)43(36-18-8-3-9-19-36)37-26-22-33(23-27-37)32-14-6-2-7-15-32/h1-29H,30H2. The molecular formula is C42H31NO2. The van der Waals surface area contributed by atoms with Crippen LogP contribution in [0, 0.1) is 0 Å². The maximum atomic E-state index is 13.4. The third-order valence-electron chi connectivity index (χ3n) is 8.02. The van der Waals surface area contributed by atoms with E-state index in [9.17, 15) is 4.79 Å². The summed E-state index contributed by atoms with van der Waals surface area (Å²) in [5, 5.41) is 1.89. The Bertz CT molecular complexity index is 2030. The molecule has 3 heteroatoms. The normalized spacial score (nSPS) is 10.8. The molecule has 0 amide bonds. The fraction of sp³-hybridized carbons (Fsp3) is 0.0238. The Balaban J connectivity index is 1.23. The highest BCUT2D eigenvalue weighted by Crippen LogP contribution is 2.38. The van der Waals surface area contributed by atoms with Crippen LogP contribution in [-0.4, -0.2) is 5.97 Å². The van der Waals surface area contributed by atoms with Crippen molar-refractivity contribution < 1.29 is 9.53 Å². The second kappa shape index (κ2) is 12.7. The van der Waals surface area contributed by atoms with E-state index in [1.807, 2.05) is 72.8 Å². The minimum absolute atomic E-state index is 0.231. The molecule has 0 unspecified atom stereocenters. The van der Waals surface area contributed by atoms with Gasteiger partial charge in [0.2, 0.25) is 0 Å². The molecule has 0 spiro atoms. The molecular weight excluding hydrogens is 550 g/mol. The first-order valence-electron chi connectivity index (χ1n) is 15.1. The predicted octanol–water partition coefficient (Wildman–Crippen LogP) is 11.0. The van der Waals surface area contributed by atoms with Gasteiger partial charge in [-0.3, -0.25) is 0 Å². The Morgan fingerprint density at radius 3 is 1.62 bits per heavy atom. The first kappa shape index (κ1) is 27.9. The first-order chi connectivity index (χ1) is 22.2. The van der Waals surface area contributed by atoms with Crippen molar-refractivity contribution in [1.29, 1.82) is 0 Å². The lowest BCUT2D eigenvalue weighted by Crippen LogP contribution is -2.09. The fourth-order valence-electron chi connectivity index (χ4n) is 5.80. The van der Waals surface area contributed by atoms with Crippen molar-refractivity contribution in [3.63, 3.8) is 0 Å². The van der Waals surface area contributed by atoms with Crippen LogP contribution in [0.4, 0.5) is 17.1 Å². The number of anilines is 3. The smallest absolute Gasteiger partial charge is 0.339 e. The summed E-state index contributed by atoms with van der Waals surface area (Å²) in [6.45, 7) is 0.231. The number of benzene rings is 7. The average molecular weight is 582 g/mol.